The van der Waals surface area contributed by atoms with Crippen LogP contribution >= 0.6 is 0 Å². The number of benzene rings is 1. The van der Waals surface area contributed by atoms with Gasteiger partial charge in [-0.25, -0.2) is 0 Å². The molecule has 0 fully saturated rings. The van der Waals surface area contributed by atoms with Crippen LogP contribution in [0.4, 0.5) is 11.8 Å². The number of rotatable bonds is 1. The Morgan fingerprint density at radius 3 is 2.85 bits per heavy atom. The third-order valence-electron chi connectivity index (χ3n) is 5.01. The number of aliphatic hydroxyl groups is 1. The minimum Gasteiger partial charge on any atom is -0.480 e. The zero-order valence-corrected chi connectivity index (χ0v) is 15.1. The third-order valence-corrected chi connectivity index (χ3v) is 5.01. The highest BCUT2D eigenvalue weighted by Gasteiger charge is 2.18. The van der Waals surface area contributed by atoms with Gasteiger partial charge >= 0.3 is 0 Å². The van der Waals surface area contributed by atoms with E-state index in [-0.39, 0.29) is 24.5 Å². The Morgan fingerprint density at radius 2 is 2.00 bits per heavy atom. The van der Waals surface area contributed by atoms with Crippen LogP contribution < -0.4 is 11.1 Å². The van der Waals surface area contributed by atoms with Crippen molar-refractivity contribution in [2.24, 2.45) is 0 Å². The molecule has 0 aliphatic carbocycles. The van der Waals surface area contributed by atoms with E-state index in [1.165, 1.54) is 5.56 Å². The molecule has 1 atom stereocenters. The minimum absolute atomic E-state index is 0.00735. The van der Waals surface area contributed by atoms with E-state index in [4.69, 9.17) is 5.73 Å². The molecule has 142 valence electrons. The van der Waals surface area contributed by atoms with Crippen molar-refractivity contribution >= 4 is 22.9 Å². The predicted molar refractivity (Wildman–Crippen MR) is 104 cm³/mol. The van der Waals surface area contributed by atoms with Crippen LogP contribution in [0, 0.1) is 0 Å². The number of hydrogen-bond acceptors (Lipinski definition) is 7. The van der Waals surface area contributed by atoms with Gasteiger partial charge in [-0.15, -0.1) is 0 Å². The van der Waals surface area contributed by atoms with Crippen LogP contribution in [0.2, 0.25) is 0 Å². The van der Waals surface area contributed by atoms with Crippen molar-refractivity contribution in [1.82, 2.24) is 19.5 Å². The highest BCUT2D eigenvalue weighted by atomic mass is 16.3. The van der Waals surface area contributed by atoms with Crippen LogP contribution in [0.1, 0.15) is 36.8 Å². The lowest BCUT2D eigenvalue weighted by atomic mass is 10.0. The summed E-state index contributed by atoms with van der Waals surface area (Å²) in [6.07, 6.45) is 5.03. The topological polar surface area (TPSA) is 122 Å². The third kappa shape index (κ3) is 3.66. The number of imidazole rings is 1. The number of nitrogen functional groups attached to an aromatic ring is 1. The molecule has 3 aromatic rings. The number of anilines is 2. The fourth-order valence-electron chi connectivity index (χ4n) is 3.57. The van der Waals surface area contributed by atoms with E-state index in [1.807, 2.05) is 12.1 Å². The first-order valence-electron chi connectivity index (χ1n) is 9.32. The summed E-state index contributed by atoms with van der Waals surface area (Å²) in [5.41, 5.74) is 9.23. The monoisotopic (exact) mass is 368 g/mol. The van der Waals surface area contributed by atoms with Gasteiger partial charge in [0.05, 0.1) is 19.2 Å². The van der Waals surface area contributed by atoms with E-state index >= 15 is 0 Å². The van der Waals surface area contributed by atoms with Crippen molar-refractivity contribution in [3.05, 3.63) is 35.4 Å². The van der Waals surface area contributed by atoms with Gasteiger partial charge in [-0.05, 0) is 30.4 Å². The molecular formula is C19H24N6O2. The molecule has 3 heterocycles. The Labute approximate surface area is 157 Å². The molecule has 4 bridgehead atoms. The summed E-state index contributed by atoms with van der Waals surface area (Å²) in [5.74, 6) is 0.537. The normalized spacial score (nSPS) is 18.0. The maximum Gasteiger partial charge on any atom is 0.296 e. The van der Waals surface area contributed by atoms with Crippen LogP contribution in [-0.4, -0.2) is 42.4 Å². The van der Waals surface area contributed by atoms with Gasteiger partial charge in [0, 0.05) is 0 Å². The lowest BCUT2D eigenvalue weighted by molar-refractivity contribution is 0.266. The second-order valence-electron chi connectivity index (χ2n) is 7.05. The average Bonchev–Trinajstić information content (AvgIpc) is 2.96. The van der Waals surface area contributed by atoms with Crippen LogP contribution in [0.25, 0.3) is 11.2 Å². The van der Waals surface area contributed by atoms with Gasteiger partial charge in [-0.1, -0.05) is 37.1 Å². The van der Waals surface area contributed by atoms with Gasteiger partial charge in [0.1, 0.15) is 0 Å². The molecule has 0 saturated carbocycles. The lowest BCUT2D eigenvalue weighted by Crippen LogP contribution is -2.25. The van der Waals surface area contributed by atoms with E-state index < -0.39 is 0 Å². The molecular weight excluding hydrogens is 344 g/mol. The summed E-state index contributed by atoms with van der Waals surface area (Å²) in [7, 11) is 0. The van der Waals surface area contributed by atoms with Crippen LogP contribution in [-0.2, 0) is 13.0 Å². The molecule has 1 aliphatic heterocycles. The molecule has 1 aromatic carbocycles. The van der Waals surface area contributed by atoms with E-state index in [0.717, 1.165) is 37.7 Å². The quantitative estimate of drug-likeness (QED) is 0.518. The summed E-state index contributed by atoms with van der Waals surface area (Å²) in [6, 6.07) is 8.07. The van der Waals surface area contributed by atoms with Crippen LogP contribution in [0.5, 0.6) is 6.01 Å². The van der Waals surface area contributed by atoms with Crippen molar-refractivity contribution in [2.75, 3.05) is 17.7 Å². The summed E-state index contributed by atoms with van der Waals surface area (Å²) in [6.45, 7) is 0.433. The van der Waals surface area contributed by atoms with Gasteiger partial charge < -0.3 is 21.3 Å². The molecule has 0 spiro atoms. The Kier molecular flexibility index (Phi) is 4.81. The number of aliphatic hydroxyl groups excluding tert-OH is 1. The van der Waals surface area contributed by atoms with Crippen LogP contribution in [0.3, 0.4) is 0 Å². The Balaban J connectivity index is 1.81. The number of hydrogen-bond donors (Lipinski definition) is 4. The van der Waals surface area contributed by atoms with E-state index in [0.29, 0.717) is 23.7 Å². The maximum atomic E-state index is 10.3. The maximum absolute atomic E-state index is 10.3. The number of nitrogens with zero attached hydrogens (tertiary/aromatic N) is 4. The summed E-state index contributed by atoms with van der Waals surface area (Å²) in [5, 5.41) is 23.2. The second kappa shape index (κ2) is 7.40. The first-order valence-corrected chi connectivity index (χ1v) is 9.32. The first-order chi connectivity index (χ1) is 13.1. The largest absolute Gasteiger partial charge is 0.480 e. The standard InChI is InChI=1S/C19H24N6O2/c20-16-15-17-24-18(23-16)21-14(11-26)8-3-1-2-5-12-6-4-7-13(9-12)10-25(17)19(27)22-15/h4,6-7,9,14,26H,1-3,5,8,10-11H2,(H,22,27)(H3,20,21,23,24). The Morgan fingerprint density at radius 1 is 1.15 bits per heavy atom. The molecule has 4 rings (SSSR count). The molecule has 1 unspecified atom stereocenters. The molecule has 27 heavy (non-hydrogen) atoms. The molecule has 5 N–H and O–H groups in total. The highest BCUT2D eigenvalue weighted by Crippen LogP contribution is 2.26. The highest BCUT2D eigenvalue weighted by molar-refractivity contribution is 5.84. The zero-order valence-electron chi connectivity index (χ0n) is 15.1. The number of aromatic hydroxyl groups is 1. The van der Waals surface area contributed by atoms with E-state index in [1.54, 1.807) is 4.57 Å². The Hall–Kier alpha value is -2.87. The number of aryl methyl sites for hydroxylation is 1. The van der Waals surface area contributed by atoms with Crippen molar-refractivity contribution in [2.45, 2.75) is 44.7 Å². The SMILES string of the molecule is Nc1nc2nc3c1nc(O)n3Cc1cccc(c1)CCCCCC(CO)N2. The minimum atomic E-state index is -0.142. The fraction of sp³-hybridized carbons (Fsp3) is 0.421. The molecule has 1 aliphatic rings. The smallest absolute Gasteiger partial charge is 0.296 e. The second-order valence-corrected chi connectivity index (χ2v) is 7.05. The molecule has 8 nitrogen and oxygen atoms in total. The molecule has 0 radical (unpaired) electrons. The van der Waals surface area contributed by atoms with Gasteiger partial charge in [0.15, 0.2) is 17.0 Å². The fourth-order valence-corrected chi connectivity index (χ4v) is 3.57. The van der Waals surface area contributed by atoms with Crippen molar-refractivity contribution in [3.8, 4) is 6.01 Å². The summed E-state index contributed by atoms with van der Waals surface area (Å²) >= 11 is 0. The average molecular weight is 368 g/mol. The summed E-state index contributed by atoms with van der Waals surface area (Å²) in [4.78, 5) is 12.9. The molecule has 0 saturated heterocycles. The molecule has 8 heteroatoms. The lowest BCUT2D eigenvalue weighted by Gasteiger charge is -2.16. The summed E-state index contributed by atoms with van der Waals surface area (Å²) < 4.78 is 1.63. The number of nitrogens with one attached hydrogen (secondary N) is 1. The van der Waals surface area contributed by atoms with E-state index in [9.17, 15) is 10.2 Å². The van der Waals surface area contributed by atoms with Gasteiger partial charge in [0.2, 0.25) is 5.95 Å². The van der Waals surface area contributed by atoms with Crippen LogP contribution in [0.15, 0.2) is 24.3 Å². The Bertz CT molecular complexity index is 955. The number of aromatic nitrogens is 4. The first kappa shape index (κ1) is 17.5. The number of fused-ring (bicyclic) bond motifs is 3. The van der Waals surface area contributed by atoms with Gasteiger partial charge in [0.25, 0.3) is 6.01 Å². The zero-order chi connectivity index (χ0) is 18.8. The van der Waals surface area contributed by atoms with Gasteiger partial charge in [-0.3, -0.25) is 4.57 Å². The van der Waals surface area contributed by atoms with E-state index in [2.05, 4.69) is 32.4 Å². The molecule has 0 amide bonds. The molecule has 2 aromatic heterocycles. The van der Waals surface area contributed by atoms with Crippen molar-refractivity contribution in [1.29, 1.82) is 0 Å². The van der Waals surface area contributed by atoms with Crippen molar-refractivity contribution in [3.63, 3.8) is 0 Å². The van der Waals surface area contributed by atoms with Gasteiger partial charge in [-0.2, -0.15) is 15.0 Å². The number of nitrogens with two attached hydrogens (primary N) is 1. The predicted octanol–water partition coefficient (Wildman–Crippen LogP) is 2.05. The van der Waals surface area contributed by atoms with Crippen molar-refractivity contribution < 1.29 is 10.2 Å².